The Morgan fingerprint density at radius 1 is 1.29 bits per heavy atom. The van der Waals surface area contributed by atoms with E-state index in [1.165, 1.54) is 10.4 Å². The molecule has 2 aliphatic heterocycles. The number of nitrogens with zero attached hydrogens (tertiary/aromatic N) is 3. The second-order valence-electron chi connectivity index (χ2n) is 5.84. The highest BCUT2D eigenvalue weighted by Gasteiger charge is 2.41. The van der Waals surface area contributed by atoms with Gasteiger partial charge in [0.2, 0.25) is 5.95 Å². The van der Waals surface area contributed by atoms with Crippen LogP contribution in [0.5, 0.6) is 0 Å². The van der Waals surface area contributed by atoms with Gasteiger partial charge in [-0.05, 0) is 42.8 Å². The van der Waals surface area contributed by atoms with Crippen LogP contribution in [0.25, 0.3) is 0 Å². The smallest absolute Gasteiger partial charge is 0.225 e. The summed E-state index contributed by atoms with van der Waals surface area (Å²) in [5.74, 6) is 0.853. The summed E-state index contributed by atoms with van der Waals surface area (Å²) in [5, 5.41) is 2.21. The molecule has 0 bridgehead atoms. The highest BCUT2D eigenvalue weighted by atomic mass is 32.1. The molecule has 4 rings (SSSR count). The highest BCUT2D eigenvalue weighted by molar-refractivity contribution is 7.10. The number of fused-ring (bicyclic) bond motifs is 2. The van der Waals surface area contributed by atoms with Crippen LogP contribution >= 0.6 is 11.3 Å². The minimum atomic E-state index is -0.0616. The van der Waals surface area contributed by atoms with E-state index in [4.69, 9.17) is 4.74 Å². The van der Waals surface area contributed by atoms with Crippen molar-refractivity contribution >= 4 is 17.3 Å². The molecule has 1 saturated heterocycles. The Labute approximate surface area is 128 Å². The summed E-state index contributed by atoms with van der Waals surface area (Å²) >= 11 is 1.87. The largest absolute Gasteiger partial charge is 0.370 e. The summed E-state index contributed by atoms with van der Waals surface area (Å²) in [6, 6.07) is 4.20. The van der Waals surface area contributed by atoms with Crippen LogP contribution in [0.3, 0.4) is 0 Å². The standard InChI is InChI=1S/C16H19N3OS/c1-12-2-7-17-15(18-12)19-8-5-16(6-9-19)13-4-11-21-14(13)3-10-20-16/h2,4,7,11H,3,5-6,8-10H2,1H3. The van der Waals surface area contributed by atoms with E-state index >= 15 is 0 Å². The lowest BCUT2D eigenvalue weighted by Gasteiger charge is -2.44. The Hall–Kier alpha value is -1.46. The minimum Gasteiger partial charge on any atom is -0.370 e. The molecule has 4 heterocycles. The van der Waals surface area contributed by atoms with Crippen LogP contribution in [-0.2, 0) is 16.8 Å². The third kappa shape index (κ3) is 2.24. The molecule has 0 atom stereocenters. The van der Waals surface area contributed by atoms with Gasteiger partial charge in [-0.2, -0.15) is 0 Å². The Kier molecular flexibility index (Phi) is 3.19. The first kappa shape index (κ1) is 13.2. The van der Waals surface area contributed by atoms with Crippen molar-refractivity contribution in [2.24, 2.45) is 0 Å². The summed E-state index contributed by atoms with van der Waals surface area (Å²) in [6.07, 6.45) is 4.96. The van der Waals surface area contributed by atoms with Gasteiger partial charge in [0.1, 0.15) is 0 Å². The van der Waals surface area contributed by atoms with Gasteiger partial charge in [-0.25, -0.2) is 9.97 Å². The molecule has 0 radical (unpaired) electrons. The number of thiophene rings is 1. The molecule has 0 aromatic carbocycles. The average molecular weight is 301 g/mol. The van der Waals surface area contributed by atoms with E-state index in [9.17, 15) is 0 Å². The zero-order valence-corrected chi connectivity index (χ0v) is 13.0. The van der Waals surface area contributed by atoms with Gasteiger partial charge in [0.15, 0.2) is 0 Å². The lowest BCUT2D eigenvalue weighted by Crippen LogP contribution is -2.46. The molecule has 2 aliphatic rings. The minimum absolute atomic E-state index is 0.0616. The van der Waals surface area contributed by atoms with Crippen molar-refractivity contribution in [3.8, 4) is 0 Å². The molecule has 0 amide bonds. The van der Waals surface area contributed by atoms with Crippen LogP contribution in [0, 0.1) is 6.92 Å². The van der Waals surface area contributed by atoms with Crippen molar-refractivity contribution in [2.75, 3.05) is 24.6 Å². The maximum absolute atomic E-state index is 6.24. The normalized spacial score (nSPS) is 20.5. The molecular formula is C16H19N3OS. The van der Waals surface area contributed by atoms with Crippen molar-refractivity contribution in [1.82, 2.24) is 9.97 Å². The fraction of sp³-hybridized carbons (Fsp3) is 0.500. The molecule has 4 nitrogen and oxygen atoms in total. The van der Waals surface area contributed by atoms with Gasteiger partial charge in [-0.1, -0.05) is 0 Å². The lowest BCUT2D eigenvalue weighted by molar-refractivity contribution is -0.0757. The first-order valence-electron chi connectivity index (χ1n) is 7.52. The summed E-state index contributed by atoms with van der Waals surface area (Å²) in [5.41, 5.74) is 2.39. The zero-order valence-electron chi connectivity index (χ0n) is 12.2. The van der Waals surface area contributed by atoms with E-state index in [-0.39, 0.29) is 5.60 Å². The van der Waals surface area contributed by atoms with Crippen molar-refractivity contribution in [3.05, 3.63) is 39.8 Å². The molecule has 0 unspecified atom stereocenters. The summed E-state index contributed by atoms with van der Waals surface area (Å²) < 4.78 is 6.24. The maximum Gasteiger partial charge on any atom is 0.225 e. The number of ether oxygens (including phenoxy) is 1. The van der Waals surface area contributed by atoms with Crippen molar-refractivity contribution in [2.45, 2.75) is 31.8 Å². The van der Waals surface area contributed by atoms with E-state index in [1.807, 2.05) is 30.5 Å². The van der Waals surface area contributed by atoms with Crippen LogP contribution in [0.4, 0.5) is 5.95 Å². The Balaban J connectivity index is 1.56. The third-order valence-electron chi connectivity index (χ3n) is 4.58. The molecule has 5 heteroatoms. The number of hydrogen-bond acceptors (Lipinski definition) is 5. The fourth-order valence-corrected chi connectivity index (χ4v) is 4.38. The van der Waals surface area contributed by atoms with E-state index in [2.05, 4.69) is 26.3 Å². The van der Waals surface area contributed by atoms with Crippen LogP contribution in [0.2, 0.25) is 0 Å². The Morgan fingerprint density at radius 3 is 2.95 bits per heavy atom. The van der Waals surface area contributed by atoms with E-state index in [0.717, 1.165) is 50.6 Å². The molecule has 2 aromatic rings. The molecule has 110 valence electrons. The summed E-state index contributed by atoms with van der Waals surface area (Å²) in [6.45, 7) is 4.78. The van der Waals surface area contributed by atoms with Gasteiger partial charge in [-0.15, -0.1) is 11.3 Å². The second kappa shape index (κ2) is 5.07. The predicted octanol–water partition coefficient (Wildman–Crippen LogP) is 2.91. The topological polar surface area (TPSA) is 38.2 Å². The van der Waals surface area contributed by atoms with Gasteiger partial charge in [-0.3, -0.25) is 0 Å². The van der Waals surface area contributed by atoms with Crippen molar-refractivity contribution < 1.29 is 4.74 Å². The molecular weight excluding hydrogens is 282 g/mol. The molecule has 0 N–H and O–H groups in total. The van der Waals surface area contributed by atoms with Crippen LogP contribution < -0.4 is 4.90 Å². The number of anilines is 1. The molecule has 0 saturated carbocycles. The molecule has 1 spiro atoms. The predicted molar refractivity (Wildman–Crippen MR) is 83.9 cm³/mol. The number of aromatic nitrogens is 2. The second-order valence-corrected chi connectivity index (χ2v) is 6.84. The van der Waals surface area contributed by atoms with Crippen LogP contribution in [0.15, 0.2) is 23.7 Å². The maximum atomic E-state index is 6.24. The number of piperidine rings is 1. The highest BCUT2D eigenvalue weighted by Crippen LogP contribution is 2.43. The number of aryl methyl sites for hydroxylation is 1. The first-order valence-corrected chi connectivity index (χ1v) is 8.40. The monoisotopic (exact) mass is 301 g/mol. The lowest BCUT2D eigenvalue weighted by atomic mass is 9.82. The van der Waals surface area contributed by atoms with Gasteiger partial charge in [0.05, 0.1) is 12.2 Å². The Bertz CT molecular complexity index is 646. The summed E-state index contributed by atoms with van der Waals surface area (Å²) in [7, 11) is 0. The molecule has 21 heavy (non-hydrogen) atoms. The molecule has 0 aliphatic carbocycles. The van der Waals surface area contributed by atoms with Gasteiger partial charge < -0.3 is 9.64 Å². The van der Waals surface area contributed by atoms with Crippen molar-refractivity contribution in [3.63, 3.8) is 0 Å². The van der Waals surface area contributed by atoms with Gasteiger partial charge in [0, 0.05) is 36.3 Å². The third-order valence-corrected chi connectivity index (χ3v) is 5.56. The molecule has 2 aromatic heterocycles. The van der Waals surface area contributed by atoms with Gasteiger partial charge >= 0.3 is 0 Å². The fourth-order valence-electron chi connectivity index (χ4n) is 3.43. The van der Waals surface area contributed by atoms with E-state index in [1.54, 1.807) is 0 Å². The first-order chi connectivity index (χ1) is 10.3. The van der Waals surface area contributed by atoms with Gasteiger partial charge in [0.25, 0.3) is 0 Å². The van der Waals surface area contributed by atoms with Crippen molar-refractivity contribution in [1.29, 1.82) is 0 Å². The van der Waals surface area contributed by atoms with Crippen LogP contribution in [-0.4, -0.2) is 29.7 Å². The zero-order chi connectivity index (χ0) is 14.3. The average Bonchev–Trinajstić information content (AvgIpc) is 2.98. The number of hydrogen-bond donors (Lipinski definition) is 0. The Morgan fingerprint density at radius 2 is 2.14 bits per heavy atom. The van der Waals surface area contributed by atoms with Crippen LogP contribution in [0.1, 0.15) is 29.0 Å². The van der Waals surface area contributed by atoms with E-state index < -0.39 is 0 Å². The quantitative estimate of drug-likeness (QED) is 0.812. The number of rotatable bonds is 1. The van der Waals surface area contributed by atoms with E-state index in [0.29, 0.717) is 0 Å². The molecule has 1 fully saturated rings. The SMILES string of the molecule is Cc1ccnc(N2CCC3(CC2)OCCc2sccc23)n1. The summed E-state index contributed by atoms with van der Waals surface area (Å²) in [4.78, 5) is 12.7.